The summed E-state index contributed by atoms with van der Waals surface area (Å²) in [5, 5.41) is 0. The van der Waals surface area contributed by atoms with Crippen LogP contribution in [0.2, 0.25) is 0 Å². The van der Waals surface area contributed by atoms with E-state index in [9.17, 15) is 0 Å². The topological polar surface area (TPSA) is 39.8 Å². The van der Waals surface area contributed by atoms with Gasteiger partial charge >= 0.3 is 44.3 Å². The Bertz CT molecular complexity index is 92.9. The summed E-state index contributed by atoms with van der Waals surface area (Å²) in [6.45, 7) is 9.00. The van der Waals surface area contributed by atoms with Crippen molar-refractivity contribution in [1.82, 2.24) is 0 Å². The van der Waals surface area contributed by atoms with E-state index in [0.717, 1.165) is 0 Å². The fourth-order valence-electron chi connectivity index (χ4n) is 0.642. The van der Waals surface area contributed by atoms with Gasteiger partial charge in [0.25, 0.3) is 0 Å². The van der Waals surface area contributed by atoms with Crippen LogP contribution in [0.25, 0.3) is 0 Å². The Morgan fingerprint density at radius 3 is 0.533 bits per heavy atom. The van der Waals surface area contributed by atoms with Crippen LogP contribution in [-0.2, 0) is 31.0 Å². The minimum atomic E-state index is 0. The van der Waals surface area contributed by atoms with E-state index in [1.165, 1.54) is 0 Å². The molecule has 0 N–H and O–H groups in total. The Morgan fingerprint density at radius 2 is 0.467 bits per heavy atom. The third-order valence-corrected chi connectivity index (χ3v) is 1.11. The molecule has 2 rings (SSSR count). The van der Waals surface area contributed by atoms with Crippen molar-refractivity contribution in [3.63, 3.8) is 0 Å². The smallest absolute Gasteiger partial charge is 0.0312 e. The van der Waals surface area contributed by atoms with Crippen LogP contribution in [-0.4, -0.2) is 0 Å². The molecule has 0 atom stereocenters. The average molecular weight is 234 g/mol. The number of hydrogen-bond donors (Lipinski definition) is 0. The molecule has 0 heterocycles. The SMILES string of the molecule is [C-]#[O+].[C-]#[O+].[CH]1[CH][CH][CH][CH]1.[CH]1[CH][CH][CH][CH]1.[Ti+2]. The molecule has 0 bridgehead atoms. The molecule has 0 aliphatic heterocycles. The van der Waals surface area contributed by atoms with E-state index in [2.05, 4.69) is 13.3 Å². The molecule has 72 valence electrons. The Balaban J connectivity index is -0.000000138. The van der Waals surface area contributed by atoms with Gasteiger partial charge in [0.15, 0.2) is 0 Å². The van der Waals surface area contributed by atoms with Gasteiger partial charge in [-0.3, -0.25) is 0 Å². The van der Waals surface area contributed by atoms with Gasteiger partial charge in [-0.1, -0.05) is 0 Å². The van der Waals surface area contributed by atoms with E-state index in [1.807, 2.05) is 64.2 Å². The van der Waals surface area contributed by atoms with Crippen LogP contribution in [0.5, 0.6) is 0 Å². The fraction of sp³-hybridized carbons (Fsp3) is 0. The summed E-state index contributed by atoms with van der Waals surface area (Å²) >= 11 is 0. The molecule has 2 nitrogen and oxygen atoms in total. The van der Waals surface area contributed by atoms with Gasteiger partial charge in [0.2, 0.25) is 0 Å². The van der Waals surface area contributed by atoms with E-state index in [1.54, 1.807) is 0 Å². The number of rotatable bonds is 0. The Morgan fingerprint density at radius 1 is 0.400 bits per heavy atom. The Kier molecular flexibility index (Phi) is 32.6. The van der Waals surface area contributed by atoms with Crippen molar-refractivity contribution >= 4 is 0 Å². The van der Waals surface area contributed by atoms with Crippen LogP contribution in [0.3, 0.4) is 0 Å². The molecule has 0 amide bonds. The molecule has 2 aliphatic carbocycles. The van der Waals surface area contributed by atoms with Crippen LogP contribution < -0.4 is 0 Å². The Labute approximate surface area is 109 Å². The minimum Gasteiger partial charge on any atom is -0.0312 e. The van der Waals surface area contributed by atoms with Gasteiger partial charge in [-0.2, -0.15) is 0 Å². The van der Waals surface area contributed by atoms with Crippen molar-refractivity contribution < 1.29 is 31.0 Å². The van der Waals surface area contributed by atoms with Crippen molar-refractivity contribution in [2.75, 3.05) is 0 Å². The van der Waals surface area contributed by atoms with Gasteiger partial charge in [0, 0.05) is 0 Å². The zero-order valence-corrected chi connectivity index (χ0v) is 9.65. The summed E-state index contributed by atoms with van der Waals surface area (Å²) in [6.07, 6.45) is 20.0. The first-order chi connectivity index (χ1) is 7.00. The van der Waals surface area contributed by atoms with Crippen LogP contribution in [0.4, 0.5) is 0 Å². The van der Waals surface area contributed by atoms with Gasteiger partial charge in [-0.05, 0) is 64.2 Å². The third kappa shape index (κ3) is 20.3. The second kappa shape index (κ2) is 23.8. The summed E-state index contributed by atoms with van der Waals surface area (Å²) in [5.74, 6) is 0. The van der Waals surface area contributed by atoms with Gasteiger partial charge < -0.3 is 0 Å². The van der Waals surface area contributed by atoms with Crippen LogP contribution >= 0.6 is 0 Å². The molecule has 2 fully saturated rings. The van der Waals surface area contributed by atoms with Gasteiger partial charge in [-0.25, -0.2) is 0 Å². The molecule has 2 saturated carbocycles. The molecule has 2 aliphatic rings. The molecule has 3 heteroatoms. The quantitative estimate of drug-likeness (QED) is 0.349. The maximum atomic E-state index is 7.50. The van der Waals surface area contributed by atoms with Crippen molar-refractivity contribution in [3.8, 4) is 0 Å². The monoisotopic (exact) mass is 234 g/mol. The average Bonchev–Trinajstić information content (AvgIpc) is 3.01. The van der Waals surface area contributed by atoms with Crippen LogP contribution in [0.15, 0.2) is 0 Å². The minimum absolute atomic E-state index is 0. The van der Waals surface area contributed by atoms with Gasteiger partial charge in [0.05, 0.1) is 0 Å². The third-order valence-electron chi connectivity index (χ3n) is 1.11. The normalized spacial score (nSPS) is 16.3. The van der Waals surface area contributed by atoms with Crippen molar-refractivity contribution in [2.45, 2.75) is 0 Å². The van der Waals surface area contributed by atoms with Crippen molar-refractivity contribution in [2.24, 2.45) is 0 Å². The predicted molar refractivity (Wildman–Crippen MR) is 50.9 cm³/mol. The molecule has 0 aromatic rings. The predicted octanol–water partition coefficient (Wildman–Crippen LogP) is 1.97. The van der Waals surface area contributed by atoms with Crippen molar-refractivity contribution in [1.29, 1.82) is 0 Å². The largest absolute Gasteiger partial charge is 2.00 e. The maximum absolute atomic E-state index is 7.50. The summed E-state index contributed by atoms with van der Waals surface area (Å²) in [6, 6.07) is 0. The first kappa shape index (κ1) is 20.6. The van der Waals surface area contributed by atoms with E-state index < -0.39 is 0 Å². The summed E-state index contributed by atoms with van der Waals surface area (Å²) in [4.78, 5) is 0. The van der Waals surface area contributed by atoms with E-state index >= 15 is 0 Å². The first-order valence-electron chi connectivity index (χ1n) is 3.74. The molecule has 0 spiro atoms. The van der Waals surface area contributed by atoms with E-state index in [0.29, 0.717) is 0 Å². The maximum Gasteiger partial charge on any atom is 2.00 e. The molecule has 10 radical (unpaired) electrons. The first-order valence-corrected chi connectivity index (χ1v) is 3.74. The molecule has 0 saturated heterocycles. The van der Waals surface area contributed by atoms with E-state index in [4.69, 9.17) is 9.30 Å². The van der Waals surface area contributed by atoms with Gasteiger partial charge in [-0.15, -0.1) is 0 Å². The standard InChI is InChI=1S/2C5H5.2CO.Ti/c2*1-2-4-5-3-1;2*1-2;/h2*1-5H;;;/q;;;;+2. The zero-order valence-electron chi connectivity index (χ0n) is 8.09. The van der Waals surface area contributed by atoms with Crippen LogP contribution in [0, 0.1) is 77.5 Å². The summed E-state index contributed by atoms with van der Waals surface area (Å²) < 4.78 is 15.0. The summed E-state index contributed by atoms with van der Waals surface area (Å²) in [5.41, 5.74) is 0. The second-order valence-corrected chi connectivity index (χ2v) is 1.92. The molecule has 15 heavy (non-hydrogen) atoms. The number of hydrogen-bond acceptors (Lipinski definition) is 0. The van der Waals surface area contributed by atoms with Crippen molar-refractivity contribution in [3.05, 3.63) is 77.5 Å². The molecule has 0 unspecified atom stereocenters. The van der Waals surface area contributed by atoms with Crippen LogP contribution in [0.1, 0.15) is 0 Å². The molecule has 0 aromatic carbocycles. The molecular formula is C12H10O2Ti+2. The van der Waals surface area contributed by atoms with Gasteiger partial charge in [0.1, 0.15) is 0 Å². The molecule has 0 aromatic heterocycles. The second-order valence-electron chi connectivity index (χ2n) is 1.92. The fourth-order valence-corrected chi connectivity index (χ4v) is 0.642. The Hall–Kier alpha value is 0.194. The molecular weight excluding hydrogens is 224 g/mol. The van der Waals surface area contributed by atoms with E-state index in [-0.39, 0.29) is 21.7 Å². The zero-order chi connectivity index (χ0) is 11.1. The summed E-state index contributed by atoms with van der Waals surface area (Å²) in [7, 11) is 0.